The van der Waals surface area contributed by atoms with Crippen molar-refractivity contribution in [3.63, 3.8) is 0 Å². The lowest BCUT2D eigenvalue weighted by atomic mass is 10.2. The summed E-state index contributed by atoms with van der Waals surface area (Å²) in [6.07, 6.45) is 1.68. The fraction of sp³-hybridized carbons (Fsp3) is 0.0400. The van der Waals surface area contributed by atoms with Crippen molar-refractivity contribution in [1.82, 2.24) is 10.4 Å². The molecule has 0 saturated carbocycles. The first kappa shape index (κ1) is 20.7. The number of hydrogen-bond donors (Lipinski definition) is 2. The number of rotatable bonds is 5. The van der Waals surface area contributed by atoms with Gasteiger partial charge in [0.25, 0.3) is 11.8 Å². The van der Waals surface area contributed by atoms with Crippen LogP contribution < -0.4 is 10.7 Å². The maximum atomic E-state index is 13.1. The Kier molecular flexibility index (Phi) is 5.89. The molecule has 0 unspecified atom stereocenters. The summed E-state index contributed by atoms with van der Waals surface area (Å²) in [5.74, 6) is -0.777. The Morgan fingerprint density at radius 2 is 1.50 bits per heavy atom. The van der Waals surface area contributed by atoms with Crippen molar-refractivity contribution in [2.24, 2.45) is 4.99 Å². The lowest BCUT2D eigenvalue weighted by Gasteiger charge is -2.19. The Balaban J connectivity index is 1.62. The zero-order valence-corrected chi connectivity index (χ0v) is 17.3. The van der Waals surface area contributed by atoms with E-state index in [1.54, 1.807) is 30.3 Å². The number of anilines is 1. The van der Waals surface area contributed by atoms with E-state index in [0.717, 1.165) is 10.6 Å². The van der Waals surface area contributed by atoms with Crippen LogP contribution in [0.1, 0.15) is 28.4 Å². The van der Waals surface area contributed by atoms with Crippen molar-refractivity contribution >= 4 is 35.3 Å². The van der Waals surface area contributed by atoms with Crippen LogP contribution in [0, 0.1) is 0 Å². The summed E-state index contributed by atoms with van der Waals surface area (Å²) in [5.41, 5.74) is 5.30. The van der Waals surface area contributed by atoms with Gasteiger partial charge in [-0.2, -0.15) is 5.01 Å². The number of nitrogens with zero attached hydrogens (tertiary/aromatic N) is 2. The molecule has 3 aromatic rings. The van der Waals surface area contributed by atoms with Gasteiger partial charge in [0.15, 0.2) is 5.84 Å². The SMILES string of the molecule is CC(=O)Nc1ccc(C(=O)NN2C(=O)C(=Cc3ccccc3)N=C2c2ccccc2)cc1. The zero-order valence-electron chi connectivity index (χ0n) is 17.3. The Bertz CT molecular complexity index is 1220. The van der Waals surface area contributed by atoms with Crippen LogP contribution in [0.3, 0.4) is 0 Å². The molecule has 0 aliphatic carbocycles. The number of carbonyl (C=O) groups is 3. The van der Waals surface area contributed by atoms with Gasteiger partial charge in [-0.25, -0.2) is 4.99 Å². The number of aliphatic imine (C=N–C) groups is 1. The van der Waals surface area contributed by atoms with Gasteiger partial charge in [-0.05, 0) is 35.9 Å². The van der Waals surface area contributed by atoms with E-state index in [-0.39, 0.29) is 11.6 Å². The molecule has 0 atom stereocenters. The molecule has 1 aliphatic rings. The van der Waals surface area contributed by atoms with Gasteiger partial charge in [-0.1, -0.05) is 60.7 Å². The summed E-state index contributed by atoms with van der Waals surface area (Å²) >= 11 is 0. The van der Waals surface area contributed by atoms with Crippen LogP contribution in [-0.2, 0) is 9.59 Å². The van der Waals surface area contributed by atoms with Gasteiger partial charge in [0.1, 0.15) is 5.70 Å². The van der Waals surface area contributed by atoms with E-state index >= 15 is 0 Å². The van der Waals surface area contributed by atoms with Gasteiger partial charge < -0.3 is 5.32 Å². The lowest BCUT2D eigenvalue weighted by molar-refractivity contribution is -0.124. The standard InChI is InChI=1S/C25H20N4O3/c1-17(30)26-21-14-12-20(13-15-21)24(31)28-29-23(19-10-6-3-7-11-19)27-22(25(29)32)16-18-8-4-2-5-9-18/h2-16H,1H3,(H,26,30)(H,28,31). The summed E-state index contributed by atoms with van der Waals surface area (Å²) in [4.78, 5) is 41.7. The van der Waals surface area contributed by atoms with Crippen LogP contribution in [0.25, 0.3) is 6.08 Å². The molecule has 3 amide bonds. The molecule has 158 valence electrons. The molecule has 0 saturated heterocycles. The number of hydrazine groups is 1. The lowest BCUT2D eigenvalue weighted by Crippen LogP contribution is -2.47. The third-order valence-electron chi connectivity index (χ3n) is 4.68. The van der Waals surface area contributed by atoms with E-state index in [9.17, 15) is 14.4 Å². The minimum Gasteiger partial charge on any atom is -0.326 e. The van der Waals surface area contributed by atoms with Gasteiger partial charge in [0.2, 0.25) is 5.91 Å². The summed E-state index contributed by atoms with van der Waals surface area (Å²) < 4.78 is 0. The second kappa shape index (κ2) is 9.09. The Morgan fingerprint density at radius 1 is 0.875 bits per heavy atom. The van der Waals surface area contributed by atoms with Gasteiger partial charge in [-0.3, -0.25) is 19.8 Å². The Labute approximate surface area is 185 Å². The molecule has 0 bridgehead atoms. The Morgan fingerprint density at radius 3 is 2.12 bits per heavy atom. The molecule has 2 N–H and O–H groups in total. The molecule has 3 aromatic carbocycles. The average Bonchev–Trinajstić information content (AvgIpc) is 3.10. The van der Waals surface area contributed by atoms with Crippen LogP contribution >= 0.6 is 0 Å². The molecule has 4 rings (SSSR count). The van der Waals surface area contributed by atoms with Crippen molar-refractivity contribution in [3.05, 3.63) is 107 Å². The first-order valence-electron chi connectivity index (χ1n) is 9.95. The molecule has 0 spiro atoms. The fourth-order valence-corrected chi connectivity index (χ4v) is 3.18. The molecular weight excluding hydrogens is 404 g/mol. The van der Waals surface area contributed by atoms with Crippen LogP contribution in [-0.4, -0.2) is 28.6 Å². The first-order valence-corrected chi connectivity index (χ1v) is 9.95. The number of amides is 3. The van der Waals surface area contributed by atoms with E-state index < -0.39 is 11.8 Å². The maximum Gasteiger partial charge on any atom is 0.297 e. The second-order valence-electron chi connectivity index (χ2n) is 7.08. The summed E-state index contributed by atoms with van der Waals surface area (Å²) in [6, 6.07) is 24.9. The molecule has 7 heteroatoms. The first-order chi connectivity index (χ1) is 15.5. The minimum absolute atomic E-state index is 0.202. The zero-order chi connectivity index (χ0) is 22.5. The highest BCUT2D eigenvalue weighted by Gasteiger charge is 2.32. The average molecular weight is 424 g/mol. The number of amidine groups is 1. The van der Waals surface area contributed by atoms with E-state index in [1.165, 1.54) is 6.92 Å². The molecule has 1 heterocycles. The highest BCUT2D eigenvalue weighted by atomic mass is 16.2. The largest absolute Gasteiger partial charge is 0.326 e. The fourth-order valence-electron chi connectivity index (χ4n) is 3.18. The Hall–Kier alpha value is -4.52. The predicted molar refractivity (Wildman–Crippen MR) is 122 cm³/mol. The normalized spacial score (nSPS) is 14.3. The third kappa shape index (κ3) is 4.62. The van der Waals surface area contributed by atoms with E-state index in [1.807, 2.05) is 60.7 Å². The summed E-state index contributed by atoms with van der Waals surface area (Å²) in [5, 5.41) is 3.81. The second-order valence-corrected chi connectivity index (χ2v) is 7.08. The highest BCUT2D eigenvalue weighted by molar-refractivity contribution is 6.20. The molecule has 0 aromatic heterocycles. The topological polar surface area (TPSA) is 90.9 Å². The number of carbonyl (C=O) groups excluding carboxylic acids is 3. The van der Waals surface area contributed by atoms with Crippen molar-refractivity contribution in [2.45, 2.75) is 6.92 Å². The molecule has 32 heavy (non-hydrogen) atoms. The molecule has 0 fully saturated rings. The number of hydrogen-bond acceptors (Lipinski definition) is 4. The van der Waals surface area contributed by atoms with E-state index in [0.29, 0.717) is 22.6 Å². The molecule has 7 nitrogen and oxygen atoms in total. The van der Waals surface area contributed by atoms with Crippen LogP contribution in [0.15, 0.2) is 95.6 Å². The van der Waals surface area contributed by atoms with E-state index in [2.05, 4.69) is 15.7 Å². The number of benzene rings is 3. The molecule has 1 aliphatic heterocycles. The van der Waals surface area contributed by atoms with E-state index in [4.69, 9.17) is 0 Å². The molecule has 0 radical (unpaired) electrons. The van der Waals surface area contributed by atoms with Crippen LogP contribution in [0.4, 0.5) is 5.69 Å². The number of nitrogens with one attached hydrogen (secondary N) is 2. The van der Waals surface area contributed by atoms with Gasteiger partial charge in [-0.15, -0.1) is 0 Å². The summed E-state index contributed by atoms with van der Waals surface area (Å²) in [6.45, 7) is 1.41. The maximum absolute atomic E-state index is 13.1. The van der Waals surface area contributed by atoms with Gasteiger partial charge >= 0.3 is 0 Å². The van der Waals surface area contributed by atoms with Crippen molar-refractivity contribution in [1.29, 1.82) is 0 Å². The predicted octanol–water partition coefficient (Wildman–Crippen LogP) is 3.62. The van der Waals surface area contributed by atoms with Gasteiger partial charge in [0, 0.05) is 23.7 Å². The monoisotopic (exact) mass is 424 g/mol. The molecular formula is C25H20N4O3. The minimum atomic E-state index is -0.475. The highest BCUT2D eigenvalue weighted by Crippen LogP contribution is 2.21. The quantitative estimate of drug-likeness (QED) is 0.613. The third-order valence-corrected chi connectivity index (χ3v) is 4.68. The summed E-state index contributed by atoms with van der Waals surface area (Å²) in [7, 11) is 0. The van der Waals surface area contributed by atoms with Crippen LogP contribution in [0.5, 0.6) is 0 Å². The van der Waals surface area contributed by atoms with Crippen molar-refractivity contribution in [3.8, 4) is 0 Å². The van der Waals surface area contributed by atoms with Crippen molar-refractivity contribution < 1.29 is 14.4 Å². The smallest absolute Gasteiger partial charge is 0.297 e. The van der Waals surface area contributed by atoms with Crippen LogP contribution in [0.2, 0.25) is 0 Å². The van der Waals surface area contributed by atoms with Crippen molar-refractivity contribution in [2.75, 3.05) is 5.32 Å². The van der Waals surface area contributed by atoms with Gasteiger partial charge in [0.05, 0.1) is 0 Å².